The van der Waals surface area contributed by atoms with Gasteiger partial charge in [-0.05, 0) is 73.6 Å². The van der Waals surface area contributed by atoms with Gasteiger partial charge in [-0.15, -0.1) is 0 Å². The maximum atomic E-state index is 15.4. The highest BCUT2D eigenvalue weighted by Gasteiger charge is 2.27. The molecule has 0 heterocycles. The average Bonchev–Trinajstić information content (AvgIpc) is 2.82. The maximum absolute atomic E-state index is 15.4. The van der Waals surface area contributed by atoms with Gasteiger partial charge in [-0.1, -0.05) is 56.4 Å². The second kappa shape index (κ2) is 10.1. The normalized spacial score (nSPS) is 20.6. The Labute approximate surface area is 189 Å². The molecule has 0 atom stereocenters. The lowest BCUT2D eigenvalue weighted by atomic mass is 9.74. The molecule has 1 saturated carbocycles. The Balaban J connectivity index is 1.51. The fourth-order valence-corrected chi connectivity index (χ4v) is 5.50. The predicted molar refractivity (Wildman–Crippen MR) is 124 cm³/mol. The molecule has 1 nitrogen and oxygen atoms in total. The summed E-state index contributed by atoms with van der Waals surface area (Å²) in [6.45, 7) is 2.25. The van der Waals surface area contributed by atoms with Crippen molar-refractivity contribution in [3.8, 4) is 16.9 Å². The Bertz CT molecular complexity index is 987. The number of rotatable bonds is 7. The molecule has 0 spiro atoms. The largest absolute Gasteiger partial charge is 0.494 e. The highest BCUT2D eigenvalue weighted by molar-refractivity contribution is 5.71. The van der Waals surface area contributed by atoms with E-state index in [1.54, 1.807) is 6.07 Å². The van der Waals surface area contributed by atoms with Gasteiger partial charge in [0.2, 0.25) is 5.82 Å². The molecule has 1 fully saturated rings. The third-order valence-corrected chi connectivity index (χ3v) is 7.43. The Morgan fingerprint density at radius 3 is 2.28 bits per heavy atom. The minimum absolute atomic E-state index is 0.0697. The van der Waals surface area contributed by atoms with Crippen molar-refractivity contribution in [3.63, 3.8) is 0 Å². The molecule has 2 aromatic rings. The topological polar surface area (TPSA) is 9.23 Å². The number of hydrogen-bond acceptors (Lipinski definition) is 1. The molecule has 2 aromatic carbocycles. The van der Waals surface area contributed by atoms with Gasteiger partial charge in [-0.25, -0.2) is 8.78 Å². The first kappa shape index (κ1) is 22.9. The van der Waals surface area contributed by atoms with Gasteiger partial charge in [0.1, 0.15) is 5.82 Å². The lowest BCUT2D eigenvalue weighted by Gasteiger charge is -2.32. The minimum atomic E-state index is -1.09. The standard InChI is InChI=1S/C28H33F3O/c1-3-4-5-6-18-7-9-19(10-8-18)20-11-13-22-21(17-20)12-14-23(26(22)29)24-15-16-25(32-2)28(31)27(24)30/h12,14-19H,3-11,13H2,1-2H3. The summed E-state index contributed by atoms with van der Waals surface area (Å²) >= 11 is 0. The summed E-state index contributed by atoms with van der Waals surface area (Å²) in [5.74, 6) is -1.32. The molecule has 0 unspecified atom stereocenters. The SMILES string of the molecule is CCCCCC1CCC(C2=Cc3ccc(-c4ccc(OC)c(F)c4F)c(F)c3CC2)CC1. The fourth-order valence-electron chi connectivity index (χ4n) is 5.50. The molecular weight excluding hydrogens is 409 g/mol. The van der Waals surface area contributed by atoms with E-state index >= 15 is 4.39 Å². The molecule has 172 valence electrons. The summed E-state index contributed by atoms with van der Waals surface area (Å²) < 4.78 is 48.9. The molecule has 0 aliphatic heterocycles. The zero-order chi connectivity index (χ0) is 22.7. The Morgan fingerprint density at radius 2 is 1.56 bits per heavy atom. The highest BCUT2D eigenvalue weighted by atomic mass is 19.2. The summed E-state index contributed by atoms with van der Waals surface area (Å²) in [6, 6.07) is 6.14. The molecule has 2 aliphatic rings. The summed E-state index contributed by atoms with van der Waals surface area (Å²) in [4.78, 5) is 0. The summed E-state index contributed by atoms with van der Waals surface area (Å²) in [5.41, 5.74) is 2.95. The van der Waals surface area contributed by atoms with Gasteiger partial charge in [-0.3, -0.25) is 0 Å². The number of allylic oxidation sites excluding steroid dienone is 1. The van der Waals surface area contributed by atoms with Crippen molar-refractivity contribution < 1.29 is 17.9 Å². The van der Waals surface area contributed by atoms with Crippen LogP contribution in [-0.2, 0) is 6.42 Å². The van der Waals surface area contributed by atoms with E-state index in [1.165, 1.54) is 76.2 Å². The van der Waals surface area contributed by atoms with Crippen LogP contribution >= 0.6 is 0 Å². The molecule has 0 amide bonds. The summed E-state index contributed by atoms with van der Waals surface area (Å²) in [5, 5.41) is 0. The molecule has 0 bridgehead atoms. The molecule has 4 heteroatoms. The third kappa shape index (κ3) is 4.60. The molecule has 0 aromatic heterocycles. The predicted octanol–water partition coefficient (Wildman–Crippen LogP) is 8.50. The molecule has 32 heavy (non-hydrogen) atoms. The summed E-state index contributed by atoms with van der Waals surface area (Å²) in [7, 11) is 1.28. The van der Waals surface area contributed by atoms with Crippen molar-refractivity contribution in [1.29, 1.82) is 0 Å². The smallest absolute Gasteiger partial charge is 0.201 e. The van der Waals surface area contributed by atoms with Crippen molar-refractivity contribution in [2.45, 2.75) is 71.1 Å². The van der Waals surface area contributed by atoms with Gasteiger partial charge in [0.25, 0.3) is 0 Å². The van der Waals surface area contributed by atoms with E-state index in [0.717, 1.165) is 17.9 Å². The van der Waals surface area contributed by atoms with Gasteiger partial charge in [0, 0.05) is 11.1 Å². The van der Waals surface area contributed by atoms with Gasteiger partial charge < -0.3 is 4.74 Å². The van der Waals surface area contributed by atoms with Gasteiger partial charge in [-0.2, -0.15) is 4.39 Å². The molecular formula is C28H33F3O. The molecule has 4 rings (SSSR count). The Morgan fingerprint density at radius 1 is 0.844 bits per heavy atom. The fraction of sp³-hybridized carbons (Fsp3) is 0.500. The van der Waals surface area contributed by atoms with E-state index in [4.69, 9.17) is 4.74 Å². The Kier molecular flexibility index (Phi) is 7.27. The Hall–Kier alpha value is -2.23. The zero-order valence-electron chi connectivity index (χ0n) is 19.2. The number of fused-ring (bicyclic) bond motifs is 1. The minimum Gasteiger partial charge on any atom is -0.494 e. The summed E-state index contributed by atoms with van der Waals surface area (Å²) in [6.07, 6.45) is 14.0. The first-order chi connectivity index (χ1) is 15.5. The van der Waals surface area contributed by atoms with Crippen LogP contribution in [0.15, 0.2) is 29.8 Å². The van der Waals surface area contributed by atoms with Crippen LogP contribution in [0.5, 0.6) is 5.75 Å². The van der Waals surface area contributed by atoms with E-state index in [9.17, 15) is 8.78 Å². The molecule has 2 aliphatic carbocycles. The van der Waals surface area contributed by atoms with Crippen LogP contribution in [0, 0.1) is 29.3 Å². The van der Waals surface area contributed by atoms with E-state index in [2.05, 4.69) is 13.0 Å². The third-order valence-electron chi connectivity index (χ3n) is 7.43. The van der Waals surface area contributed by atoms with Crippen LogP contribution < -0.4 is 4.74 Å². The van der Waals surface area contributed by atoms with Crippen LogP contribution in [0.3, 0.4) is 0 Å². The number of unbranched alkanes of at least 4 members (excludes halogenated alkanes) is 2. The van der Waals surface area contributed by atoms with E-state index < -0.39 is 17.5 Å². The van der Waals surface area contributed by atoms with Gasteiger partial charge in [0.05, 0.1) is 7.11 Å². The molecule has 0 radical (unpaired) electrons. The first-order valence-corrected chi connectivity index (χ1v) is 12.1. The van der Waals surface area contributed by atoms with Crippen LogP contribution in [0.2, 0.25) is 0 Å². The molecule has 0 N–H and O–H groups in total. The monoisotopic (exact) mass is 442 g/mol. The lowest BCUT2D eigenvalue weighted by Crippen LogP contribution is -2.18. The number of ether oxygens (including phenoxy) is 1. The molecule has 0 saturated heterocycles. The van der Waals surface area contributed by atoms with E-state index in [1.807, 2.05) is 6.07 Å². The van der Waals surface area contributed by atoms with Crippen LogP contribution in [0.4, 0.5) is 13.2 Å². The second-order valence-electron chi connectivity index (χ2n) is 9.37. The second-order valence-corrected chi connectivity index (χ2v) is 9.37. The number of methoxy groups -OCH3 is 1. The van der Waals surface area contributed by atoms with Gasteiger partial charge >= 0.3 is 0 Å². The van der Waals surface area contributed by atoms with E-state index in [0.29, 0.717) is 17.9 Å². The van der Waals surface area contributed by atoms with E-state index in [-0.39, 0.29) is 16.9 Å². The number of halogens is 3. The number of hydrogen-bond donors (Lipinski definition) is 0. The van der Waals surface area contributed by atoms with Crippen molar-refractivity contribution in [3.05, 3.63) is 58.4 Å². The highest BCUT2D eigenvalue weighted by Crippen LogP contribution is 2.41. The van der Waals surface area contributed by atoms with Crippen LogP contribution in [-0.4, -0.2) is 7.11 Å². The quantitative estimate of drug-likeness (QED) is 0.391. The van der Waals surface area contributed by atoms with Crippen molar-refractivity contribution in [2.75, 3.05) is 7.11 Å². The number of benzene rings is 2. The average molecular weight is 443 g/mol. The van der Waals surface area contributed by atoms with Gasteiger partial charge in [0.15, 0.2) is 11.6 Å². The maximum Gasteiger partial charge on any atom is 0.201 e. The van der Waals surface area contributed by atoms with Crippen molar-refractivity contribution in [2.24, 2.45) is 11.8 Å². The van der Waals surface area contributed by atoms with Crippen LogP contribution in [0.1, 0.15) is 75.8 Å². The lowest BCUT2D eigenvalue weighted by molar-refractivity contribution is 0.279. The zero-order valence-corrected chi connectivity index (χ0v) is 19.2. The van der Waals surface area contributed by atoms with Crippen molar-refractivity contribution in [1.82, 2.24) is 0 Å². The first-order valence-electron chi connectivity index (χ1n) is 12.1. The van der Waals surface area contributed by atoms with Crippen molar-refractivity contribution >= 4 is 6.08 Å². The van der Waals surface area contributed by atoms with Crippen LogP contribution in [0.25, 0.3) is 17.2 Å².